The zero-order valence-corrected chi connectivity index (χ0v) is 8.80. The van der Waals surface area contributed by atoms with Crippen LogP contribution in [0, 0.1) is 17.8 Å². The van der Waals surface area contributed by atoms with Gasteiger partial charge >= 0.3 is 11.9 Å². The summed E-state index contributed by atoms with van der Waals surface area (Å²) in [5.41, 5.74) is 0. The van der Waals surface area contributed by atoms with Gasteiger partial charge in [-0.15, -0.1) is 0 Å². The van der Waals surface area contributed by atoms with Gasteiger partial charge in [-0.05, 0) is 13.3 Å². The molecule has 0 N–H and O–H groups in total. The van der Waals surface area contributed by atoms with E-state index >= 15 is 0 Å². The monoisotopic (exact) mass is 210 g/mol. The minimum Gasteiger partial charge on any atom is -0.469 e. The first-order chi connectivity index (χ1) is 7.15. The van der Waals surface area contributed by atoms with Crippen LogP contribution >= 0.6 is 0 Å². The van der Waals surface area contributed by atoms with Gasteiger partial charge in [0.05, 0.1) is 18.9 Å². The van der Waals surface area contributed by atoms with E-state index in [2.05, 4.69) is 0 Å². The Labute approximate surface area is 88.2 Å². The Kier molecular flexibility index (Phi) is 2.50. The highest BCUT2D eigenvalue weighted by molar-refractivity contribution is 5.84. The average molecular weight is 210 g/mol. The first-order valence-corrected chi connectivity index (χ1v) is 5.10. The minimum absolute atomic E-state index is 0.0235. The summed E-state index contributed by atoms with van der Waals surface area (Å²) in [6.07, 6.45) is 4.34. The van der Waals surface area contributed by atoms with E-state index in [-0.39, 0.29) is 35.8 Å². The van der Waals surface area contributed by atoms with Crippen LogP contribution in [0.2, 0.25) is 0 Å². The third-order valence-corrected chi connectivity index (χ3v) is 3.22. The Bertz CT molecular complexity index is 321. The van der Waals surface area contributed by atoms with E-state index in [1.807, 2.05) is 19.1 Å². The SMILES string of the molecule is COC(=O)[C@@H]1CC=C[C@@H]2[C@H]1C(=O)O[C@H]2C. The summed E-state index contributed by atoms with van der Waals surface area (Å²) in [4.78, 5) is 23.1. The lowest BCUT2D eigenvalue weighted by atomic mass is 9.75. The van der Waals surface area contributed by atoms with E-state index in [4.69, 9.17) is 9.47 Å². The van der Waals surface area contributed by atoms with Crippen molar-refractivity contribution in [1.29, 1.82) is 0 Å². The quantitative estimate of drug-likeness (QED) is 0.477. The second-order valence-electron chi connectivity index (χ2n) is 4.04. The molecule has 1 aliphatic carbocycles. The standard InChI is InChI=1S/C11H14O4/c1-6-7-4-3-5-8(10(12)14-2)9(7)11(13)15-6/h3-4,6-9H,5H2,1-2H3/t6-,7-,8+,9+/m0/s1. The van der Waals surface area contributed by atoms with Gasteiger partial charge in [0.25, 0.3) is 0 Å². The van der Waals surface area contributed by atoms with Gasteiger partial charge in [0.2, 0.25) is 0 Å². The summed E-state index contributed by atoms with van der Waals surface area (Å²) in [5, 5.41) is 0. The molecule has 82 valence electrons. The molecule has 0 aromatic carbocycles. The number of ether oxygens (including phenoxy) is 2. The van der Waals surface area contributed by atoms with Crippen LogP contribution in [0.15, 0.2) is 12.2 Å². The molecule has 2 aliphatic rings. The summed E-state index contributed by atoms with van der Waals surface area (Å²) in [6, 6.07) is 0. The molecule has 1 aliphatic heterocycles. The van der Waals surface area contributed by atoms with E-state index in [0.29, 0.717) is 6.42 Å². The zero-order valence-electron chi connectivity index (χ0n) is 8.80. The van der Waals surface area contributed by atoms with Crippen LogP contribution in [0.4, 0.5) is 0 Å². The van der Waals surface area contributed by atoms with Crippen molar-refractivity contribution in [3.8, 4) is 0 Å². The maximum Gasteiger partial charge on any atom is 0.310 e. The van der Waals surface area contributed by atoms with Gasteiger partial charge in [0, 0.05) is 5.92 Å². The molecule has 0 aromatic heterocycles. The number of carbonyl (C=O) groups is 2. The Morgan fingerprint density at radius 3 is 3.00 bits per heavy atom. The van der Waals surface area contributed by atoms with Gasteiger partial charge in [-0.2, -0.15) is 0 Å². The molecule has 0 aromatic rings. The molecule has 2 rings (SSSR count). The van der Waals surface area contributed by atoms with Crippen molar-refractivity contribution in [2.75, 3.05) is 7.11 Å². The third-order valence-electron chi connectivity index (χ3n) is 3.22. The number of hydrogen-bond acceptors (Lipinski definition) is 4. The van der Waals surface area contributed by atoms with Crippen LogP contribution in [0.25, 0.3) is 0 Å². The highest BCUT2D eigenvalue weighted by atomic mass is 16.6. The van der Waals surface area contributed by atoms with E-state index in [9.17, 15) is 9.59 Å². The van der Waals surface area contributed by atoms with Crippen molar-refractivity contribution >= 4 is 11.9 Å². The zero-order chi connectivity index (χ0) is 11.0. The van der Waals surface area contributed by atoms with Crippen LogP contribution in [-0.4, -0.2) is 25.2 Å². The molecule has 1 heterocycles. The van der Waals surface area contributed by atoms with Crippen LogP contribution in [-0.2, 0) is 19.1 Å². The Balaban J connectivity index is 2.26. The molecule has 1 saturated heterocycles. The predicted octanol–water partition coefficient (Wildman–Crippen LogP) is 0.913. The molecular formula is C11H14O4. The molecule has 0 saturated carbocycles. The smallest absolute Gasteiger partial charge is 0.310 e. The summed E-state index contributed by atoms with van der Waals surface area (Å²) in [5.74, 6) is -1.29. The molecule has 0 spiro atoms. The molecule has 15 heavy (non-hydrogen) atoms. The van der Waals surface area contributed by atoms with Crippen LogP contribution in [0.3, 0.4) is 0 Å². The minimum atomic E-state index is -0.373. The summed E-state index contributed by atoms with van der Waals surface area (Å²) >= 11 is 0. The fraction of sp³-hybridized carbons (Fsp3) is 0.636. The van der Waals surface area contributed by atoms with Crippen LogP contribution < -0.4 is 0 Å². The topological polar surface area (TPSA) is 52.6 Å². The number of hydrogen-bond donors (Lipinski definition) is 0. The fourth-order valence-corrected chi connectivity index (χ4v) is 2.42. The van der Waals surface area contributed by atoms with Crippen molar-refractivity contribution in [3.63, 3.8) is 0 Å². The lowest BCUT2D eigenvalue weighted by Crippen LogP contribution is -2.34. The van der Waals surface area contributed by atoms with Gasteiger partial charge < -0.3 is 9.47 Å². The second kappa shape index (κ2) is 3.68. The summed E-state index contributed by atoms with van der Waals surface area (Å²) < 4.78 is 9.84. The molecule has 0 radical (unpaired) electrons. The van der Waals surface area contributed by atoms with E-state index in [1.54, 1.807) is 0 Å². The maximum atomic E-state index is 11.6. The van der Waals surface area contributed by atoms with Crippen molar-refractivity contribution < 1.29 is 19.1 Å². The third kappa shape index (κ3) is 1.54. The number of fused-ring (bicyclic) bond motifs is 1. The van der Waals surface area contributed by atoms with Gasteiger partial charge in [0.1, 0.15) is 6.10 Å². The van der Waals surface area contributed by atoms with E-state index < -0.39 is 0 Å². The van der Waals surface area contributed by atoms with Gasteiger partial charge in [-0.1, -0.05) is 12.2 Å². The second-order valence-corrected chi connectivity index (χ2v) is 4.04. The van der Waals surface area contributed by atoms with Crippen LogP contribution in [0.1, 0.15) is 13.3 Å². The summed E-state index contributed by atoms with van der Waals surface area (Å²) in [7, 11) is 1.35. The van der Waals surface area contributed by atoms with Crippen molar-refractivity contribution in [2.24, 2.45) is 17.8 Å². The number of rotatable bonds is 1. The van der Waals surface area contributed by atoms with E-state index in [1.165, 1.54) is 7.11 Å². The maximum absolute atomic E-state index is 11.6. The Morgan fingerprint density at radius 2 is 2.33 bits per heavy atom. The molecular weight excluding hydrogens is 196 g/mol. The van der Waals surface area contributed by atoms with E-state index in [0.717, 1.165) is 0 Å². The van der Waals surface area contributed by atoms with Crippen molar-refractivity contribution in [2.45, 2.75) is 19.4 Å². The number of carbonyl (C=O) groups excluding carboxylic acids is 2. The molecule has 0 amide bonds. The summed E-state index contributed by atoms with van der Waals surface area (Å²) in [6.45, 7) is 1.85. The fourth-order valence-electron chi connectivity index (χ4n) is 2.42. The lowest BCUT2D eigenvalue weighted by Gasteiger charge is -2.25. The number of methoxy groups -OCH3 is 1. The average Bonchev–Trinajstić information content (AvgIpc) is 2.54. The highest BCUT2D eigenvalue weighted by Crippen LogP contribution is 2.40. The first-order valence-electron chi connectivity index (χ1n) is 5.10. The molecule has 4 atom stereocenters. The van der Waals surface area contributed by atoms with Crippen LogP contribution in [0.5, 0.6) is 0 Å². The van der Waals surface area contributed by atoms with Crippen molar-refractivity contribution in [1.82, 2.24) is 0 Å². The Morgan fingerprint density at radius 1 is 1.60 bits per heavy atom. The van der Waals surface area contributed by atoms with Crippen molar-refractivity contribution in [3.05, 3.63) is 12.2 Å². The normalized spacial score (nSPS) is 38.4. The molecule has 1 fully saturated rings. The first kappa shape index (κ1) is 10.2. The Hall–Kier alpha value is -1.32. The van der Waals surface area contributed by atoms with Gasteiger partial charge in [-0.3, -0.25) is 9.59 Å². The number of allylic oxidation sites excluding steroid dienone is 1. The lowest BCUT2D eigenvalue weighted by molar-refractivity contribution is -0.154. The number of esters is 2. The predicted molar refractivity (Wildman–Crippen MR) is 51.8 cm³/mol. The largest absolute Gasteiger partial charge is 0.469 e. The molecule has 4 nitrogen and oxygen atoms in total. The molecule has 0 bridgehead atoms. The molecule has 4 heteroatoms. The number of cyclic esters (lactones) is 1. The van der Waals surface area contributed by atoms with Gasteiger partial charge in [0.15, 0.2) is 0 Å². The highest BCUT2D eigenvalue weighted by Gasteiger charge is 2.49. The van der Waals surface area contributed by atoms with Gasteiger partial charge in [-0.25, -0.2) is 0 Å². The molecule has 0 unspecified atom stereocenters.